The number of benzene rings is 1. The minimum atomic E-state index is -4.96. The fraction of sp³-hybridized carbons (Fsp3) is 0.429. The van der Waals surface area contributed by atoms with E-state index in [9.17, 15) is 27.6 Å². The molecule has 9 nitrogen and oxygen atoms in total. The molecule has 3 aromatic rings. The van der Waals surface area contributed by atoms with Crippen LogP contribution in [-0.4, -0.2) is 65.4 Å². The second-order valence-corrected chi connectivity index (χ2v) is 11.9. The van der Waals surface area contributed by atoms with Gasteiger partial charge in [-0.1, -0.05) is 0 Å². The van der Waals surface area contributed by atoms with Gasteiger partial charge in [-0.05, 0) is 45.7 Å². The monoisotopic (exact) mass is 606 g/mol. The summed E-state index contributed by atoms with van der Waals surface area (Å²) in [5.74, 6) is -1.65. The van der Waals surface area contributed by atoms with E-state index in [4.69, 9.17) is 0 Å². The fourth-order valence-electron chi connectivity index (χ4n) is 4.92. The first-order valence-electron chi connectivity index (χ1n) is 13.5. The molecule has 0 spiro atoms. The molecule has 2 fully saturated rings. The largest absolute Gasteiger partial charge is 0.417 e. The number of nitrogens with one attached hydrogen (secondary N) is 3. The predicted molar refractivity (Wildman–Crippen MR) is 151 cm³/mol. The number of likely N-dealkylation sites (N-methyl/N-ethyl adjacent to an activating group) is 1. The van der Waals surface area contributed by atoms with Crippen molar-refractivity contribution in [2.75, 3.05) is 36.9 Å². The van der Waals surface area contributed by atoms with Crippen LogP contribution in [0.15, 0.2) is 35.4 Å². The van der Waals surface area contributed by atoms with Crippen molar-refractivity contribution in [1.82, 2.24) is 20.2 Å². The van der Waals surface area contributed by atoms with Crippen LogP contribution in [0.2, 0.25) is 0 Å². The SMILES string of the molecule is CC1CN(c2cc(F)c(-c3ncc(C(=O)NCC4CC4)s3)cc2NC(=O)c2c[nH]c(=O)cc2C(F)(F)F)C[C@H](C)N1C. The average molecular weight is 607 g/mol. The van der Waals surface area contributed by atoms with E-state index in [1.54, 1.807) is 0 Å². The van der Waals surface area contributed by atoms with Crippen LogP contribution in [0.4, 0.5) is 28.9 Å². The number of halogens is 4. The smallest absolute Gasteiger partial charge is 0.367 e. The van der Waals surface area contributed by atoms with Crippen molar-refractivity contribution in [2.24, 2.45) is 5.92 Å². The number of hydrogen-bond donors (Lipinski definition) is 3. The molecule has 1 aliphatic carbocycles. The number of pyridine rings is 1. The number of hydrogen-bond acceptors (Lipinski definition) is 7. The van der Waals surface area contributed by atoms with Gasteiger partial charge in [0.25, 0.3) is 11.8 Å². The maximum atomic E-state index is 15.7. The summed E-state index contributed by atoms with van der Waals surface area (Å²) in [7, 11) is 1.97. The number of aromatic nitrogens is 2. The van der Waals surface area contributed by atoms with Gasteiger partial charge in [-0.25, -0.2) is 9.37 Å². The first-order chi connectivity index (χ1) is 19.8. The molecule has 2 amide bonds. The molecule has 14 heteroatoms. The Bertz CT molecular complexity index is 1560. The molecular weight excluding hydrogens is 576 g/mol. The molecule has 224 valence electrons. The Labute approximate surface area is 242 Å². The molecule has 1 saturated carbocycles. The predicted octanol–water partition coefficient (Wildman–Crippen LogP) is 4.58. The molecule has 1 saturated heterocycles. The van der Waals surface area contributed by atoms with E-state index in [2.05, 4.69) is 25.5 Å². The molecule has 42 heavy (non-hydrogen) atoms. The van der Waals surface area contributed by atoms with Crippen molar-refractivity contribution < 1.29 is 27.2 Å². The molecule has 3 heterocycles. The second-order valence-electron chi connectivity index (χ2n) is 10.9. The van der Waals surface area contributed by atoms with Crippen molar-refractivity contribution in [3.8, 4) is 10.6 Å². The van der Waals surface area contributed by atoms with Gasteiger partial charge in [0.15, 0.2) is 0 Å². The Morgan fingerprint density at radius 3 is 2.45 bits per heavy atom. The third-order valence-electron chi connectivity index (χ3n) is 7.72. The zero-order valence-corrected chi connectivity index (χ0v) is 24.0. The highest BCUT2D eigenvalue weighted by Gasteiger charge is 2.36. The Balaban J connectivity index is 1.53. The van der Waals surface area contributed by atoms with Gasteiger partial charge in [0.05, 0.1) is 28.7 Å². The molecule has 5 rings (SSSR count). The minimum absolute atomic E-state index is 0.0203. The number of carbonyl (C=O) groups excluding carboxylic acids is 2. The molecule has 2 aliphatic rings. The number of H-pyrrole nitrogens is 1. The summed E-state index contributed by atoms with van der Waals surface area (Å²) >= 11 is 0.970. The third kappa shape index (κ3) is 6.33. The number of aromatic amines is 1. The number of alkyl halides is 3. The Morgan fingerprint density at radius 1 is 1.12 bits per heavy atom. The third-order valence-corrected chi connectivity index (χ3v) is 8.75. The highest BCUT2D eigenvalue weighted by molar-refractivity contribution is 7.16. The van der Waals surface area contributed by atoms with Gasteiger partial charge in [0, 0.05) is 55.6 Å². The van der Waals surface area contributed by atoms with Crippen molar-refractivity contribution in [1.29, 1.82) is 0 Å². The van der Waals surface area contributed by atoms with Crippen molar-refractivity contribution in [3.63, 3.8) is 0 Å². The summed E-state index contributed by atoms with van der Waals surface area (Å²) in [5.41, 5.74) is -2.86. The first-order valence-corrected chi connectivity index (χ1v) is 14.3. The van der Waals surface area contributed by atoms with Crippen molar-refractivity contribution >= 4 is 34.5 Å². The summed E-state index contributed by atoms with van der Waals surface area (Å²) in [6.07, 6.45) is -0.785. The van der Waals surface area contributed by atoms with Gasteiger partial charge in [-0.15, -0.1) is 11.3 Å². The minimum Gasteiger partial charge on any atom is -0.367 e. The van der Waals surface area contributed by atoms with Gasteiger partial charge < -0.3 is 20.5 Å². The second kappa shape index (κ2) is 11.5. The number of carbonyl (C=O) groups is 2. The van der Waals surface area contributed by atoms with Gasteiger partial charge in [-0.2, -0.15) is 13.2 Å². The van der Waals surface area contributed by atoms with Crippen LogP contribution in [0, 0.1) is 11.7 Å². The Morgan fingerprint density at radius 2 is 1.81 bits per heavy atom. The number of piperazine rings is 1. The van der Waals surface area contributed by atoms with Gasteiger partial charge in [0.1, 0.15) is 15.7 Å². The van der Waals surface area contributed by atoms with E-state index in [0.717, 1.165) is 24.2 Å². The molecule has 0 bridgehead atoms. The summed E-state index contributed by atoms with van der Waals surface area (Å²) in [6, 6.07) is 2.99. The van der Waals surface area contributed by atoms with Crippen LogP contribution in [-0.2, 0) is 6.18 Å². The van der Waals surface area contributed by atoms with E-state index in [-0.39, 0.29) is 44.8 Å². The normalized spacial score (nSPS) is 19.5. The molecular formula is C28H30F4N6O3S. The molecule has 1 unspecified atom stereocenters. The van der Waals surface area contributed by atoms with Crippen LogP contribution < -0.4 is 21.1 Å². The number of amides is 2. The van der Waals surface area contributed by atoms with E-state index < -0.39 is 34.6 Å². The summed E-state index contributed by atoms with van der Waals surface area (Å²) in [6.45, 7) is 5.48. The van der Waals surface area contributed by atoms with Gasteiger partial charge >= 0.3 is 6.18 Å². The molecule has 3 N–H and O–H groups in total. The van der Waals surface area contributed by atoms with Gasteiger partial charge in [-0.3, -0.25) is 19.3 Å². The van der Waals surface area contributed by atoms with Crippen molar-refractivity contribution in [3.05, 3.63) is 62.8 Å². The number of anilines is 2. The zero-order chi connectivity index (χ0) is 30.3. The Kier molecular flexibility index (Phi) is 8.12. The van der Waals surface area contributed by atoms with Crippen LogP contribution in [0.1, 0.15) is 52.3 Å². The number of nitrogens with zero attached hydrogens (tertiary/aromatic N) is 3. The lowest BCUT2D eigenvalue weighted by molar-refractivity contribution is -0.138. The van der Waals surface area contributed by atoms with Crippen LogP contribution in [0.5, 0.6) is 0 Å². The maximum absolute atomic E-state index is 15.7. The number of rotatable bonds is 7. The zero-order valence-electron chi connectivity index (χ0n) is 23.1. The summed E-state index contributed by atoms with van der Waals surface area (Å²) in [4.78, 5) is 48.0. The van der Waals surface area contributed by atoms with E-state index in [0.29, 0.717) is 37.8 Å². The lowest BCUT2D eigenvalue weighted by Crippen LogP contribution is -2.55. The lowest BCUT2D eigenvalue weighted by Gasteiger charge is -2.44. The van der Waals surface area contributed by atoms with E-state index in [1.807, 2.05) is 25.8 Å². The topological polar surface area (TPSA) is 110 Å². The van der Waals surface area contributed by atoms with Crippen LogP contribution in [0.3, 0.4) is 0 Å². The molecule has 0 radical (unpaired) electrons. The quantitative estimate of drug-likeness (QED) is 0.340. The highest BCUT2D eigenvalue weighted by atomic mass is 32.1. The lowest BCUT2D eigenvalue weighted by atomic mass is 10.1. The van der Waals surface area contributed by atoms with Crippen LogP contribution >= 0.6 is 11.3 Å². The summed E-state index contributed by atoms with van der Waals surface area (Å²) in [5, 5.41) is 5.52. The maximum Gasteiger partial charge on any atom is 0.417 e. The molecule has 2 aromatic heterocycles. The van der Waals surface area contributed by atoms with E-state index >= 15 is 4.39 Å². The van der Waals surface area contributed by atoms with Crippen molar-refractivity contribution in [2.45, 2.75) is 44.9 Å². The molecule has 2 atom stereocenters. The van der Waals surface area contributed by atoms with Gasteiger partial charge in [0.2, 0.25) is 5.56 Å². The standard InChI is InChI=1S/C28H30F4N6O3S/c1-14-12-38(13-15(2)37(14)3)22-8-20(29)17(27-35-11-23(42-27)26(41)34-9-16-4-5-16)6-21(22)36-25(40)18-10-33-24(39)7-19(18)28(30,31)32/h6-8,10-11,14-16H,4-5,9,12-13H2,1-3H3,(H,33,39)(H,34,41)(H,36,40)/t14-,15?/m0/s1. The average Bonchev–Trinajstić information content (AvgIpc) is 3.63. The molecule has 1 aliphatic heterocycles. The summed E-state index contributed by atoms with van der Waals surface area (Å²) < 4.78 is 56.7. The van der Waals surface area contributed by atoms with E-state index in [1.165, 1.54) is 18.3 Å². The number of thiazole rings is 1. The first kappa shape index (κ1) is 29.7. The fourth-order valence-corrected chi connectivity index (χ4v) is 5.77. The Hall–Kier alpha value is -3.78. The highest BCUT2D eigenvalue weighted by Crippen LogP contribution is 2.38. The van der Waals surface area contributed by atoms with Crippen LogP contribution in [0.25, 0.3) is 10.6 Å². The molecule has 1 aromatic carbocycles.